The second-order valence-corrected chi connectivity index (χ2v) is 9.90. The number of nitrogens with zero attached hydrogens (tertiary/aromatic N) is 2. The summed E-state index contributed by atoms with van der Waals surface area (Å²) < 4.78 is 11.6. The largest absolute Gasteiger partial charge is 0.493 e. The van der Waals surface area contributed by atoms with Crippen molar-refractivity contribution in [3.63, 3.8) is 0 Å². The summed E-state index contributed by atoms with van der Waals surface area (Å²) in [7, 11) is 3.66. The predicted molar refractivity (Wildman–Crippen MR) is 133 cm³/mol. The number of carbonyl (C=O) groups excluding carboxylic acids is 1. The van der Waals surface area contributed by atoms with Gasteiger partial charge in [0.15, 0.2) is 0 Å². The van der Waals surface area contributed by atoms with Crippen molar-refractivity contribution in [2.45, 2.75) is 43.5 Å². The van der Waals surface area contributed by atoms with Crippen LogP contribution in [0.2, 0.25) is 0 Å². The van der Waals surface area contributed by atoms with Crippen LogP contribution in [0.25, 0.3) is 22.4 Å². The molecule has 4 aromatic rings. The lowest BCUT2D eigenvalue weighted by Crippen LogP contribution is -2.53. The lowest BCUT2D eigenvalue weighted by Gasteiger charge is -2.33. The van der Waals surface area contributed by atoms with E-state index in [0.29, 0.717) is 17.2 Å². The van der Waals surface area contributed by atoms with Gasteiger partial charge in [0.2, 0.25) is 5.89 Å². The predicted octanol–water partition coefficient (Wildman–Crippen LogP) is 3.85. The zero-order valence-corrected chi connectivity index (χ0v) is 20.4. The van der Waals surface area contributed by atoms with Crippen molar-refractivity contribution in [1.82, 2.24) is 20.6 Å². The molecule has 2 atom stereocenters. The highest BCUT2D eigenvalue weighted by molar-refractivity contribution is 6.11. The van der Waals surface area contributed by atoms with Gasteiger partial charge in [0.25, 0.3) is 5.91 Å². The highest BCUT2D eigenvalue weighted by Gasteiger charge is 2.47. The van der Waals surface area contributed by atoms with Gasteiger partial charge in [-0.25, -0.2) is 4.98 Å². The minimum absolute atomic E-state index is 0.115. The molecule has 1 saturated carbocycles. The number of carbonyl (C=O) groups is 1. The van der Waals surface area contributed by atoms with Gasteiger partial charge in [-0.2, -0.15) is 0 Å². The lowest BCUT2D eigenvalue weighted by molar-refractivity contribution is 0.0929. The number of hydrogen-bond acceptors (Lipinski definition) is 6. The molecule has 3 heterocycles. The number of ether oxygens (including phenoxy) is 1. The van der Waals surface area contributed by atoms with Crippen molar-refractivity contribution >= 4 is 27.1 Å². The van der Waals surface area contributed by atoms with Crippen LogP contribution in [-0.2, 0) is 5.54 Å². The van der Waals surface area contributed by atoms with Crippen molar-refractivity contribution in [2.75, 3.05) is 6.54 Å². The molecule has 175 valence electrons. The monoisotopic (exact) mass is 481 g/mol. The maximum Gasteiger partial charge on any atom is 0.252 e. The zero-order chi connectivity index (χ0) is 24.0. The summed E-state index contributed by atoms with van der Waals surface area (Å²) >= 11 is 0. The molecule has 2 N–H and O–H groups in total. The first-order valence-corrected chi connectivity index (χ1v) is 12.4. The van der Waals surface area contributed by atoms with Gasteiger partial charge in [-0.3, -0.25) is 9.78 Å². The summed E-state index contributed by atoms with van der Waals surface area (Å²) in [5.74, 6) is 1.09. The first-order chi connectivity index (χ1) is 17.0. The molecule has 0 bridgehead atoms. The Morgan fingerprint density at radius 3 is 2.80 bits per heavy atom. The molecular formula is C27H25N4O3Si. The van der Waals surface area contributed by atoms with Crippen LogP contribution in [-0.4, -0.2) is 44.4 Å². The summed E-state index contributed by atoms with van der Waals surface area (Å²) in [6.07, 6.45) is 7.72. The lowest BCUT2D eigenvalue weighted by atomic mass is 9.95. The fraction of sp³-hybridized carbons (Fsp3) is 0.296. The van der Waals surface area contributed by atoms with Gasteiger partial charge in [0.05, 0.1) is 33.2 Å². The summed E-state index contributed by atoms with van der Waals surface area (Å²) in [6, 6.07) is 14.0. The van der Waals surface area contributed by atoms with Crippen LogP contribution in [0.3, 0.4) is 0 Å². The van der Waals surface area contributed by atoms with Crippen LogP contribution in [0, 0.1) is 6.92 Å². The number of rotatable bonds is 7. The molecule has 8 heteroatoms. The third-order valence-electron chi connectivity index (χ3n) is 6.96. The molecule has 3 radical (unpaired) electrons. The molecule has 35 heavy (non-hydrogen) atoms. The van der Waals surface area contributed by atoms with Crippen molar-refractivity contribution in [2.24, 2.45) is 0 Å². The van der Waals surface area contributed by atoms with Gasteiger partial charge >= 0.3 is 0 Å². The Labute approximate surface area is 206 Å². The summed E-state index contributed by atoms with van der Waals surface area (Å²) in [4.78, 5) is 22.4. The molecule has 6 rings (SSSR count). The fourth-order valence-electron chi connectivity index (χ4n) is 4.66. The minimum Gasteiger partial charge on any atom is -0.493 e. The molecule has 0 spiro atoms. The molecule has 1 aliphatic carbocycles. The third kappa shape index (κ3) is 4.13. The average Bonchev–Trinajstić information content (AvgIpc) is 3.38. The average molecular weight is 482 g/mol. The van der Waals surface area contributed by atoms with Gasteiger partial charge in [0, 0.05) is 28.8 Å². The van der Waals surface area contributed by atoms with E-state index in [1.165, 1.54) is 0 Å². The van der Waals surface area contributed by atoms with E-state index in [4.69, 9.17) is 9.15 Å². The van der Waals surface area contributed by atoms with E-state index in [2.05, 4.69) is 36.9 Å². The zero-order valence-electron chi connectivity index (χ0n) is 19.4. The summed E-state index contributed by atoms with van der Waals surface area (Å²) in [5.41, 5.74) is 3.63. The van der Waals surface area contributed by atoms with Gasteiger partial charge in [-0.05, 0) is 74.2 Å². The summed E-state index contributed by atoms with van der Waals surface area (Å²) in [6.45, 7) is 2.94. The van der Waals surface area contributed by atoms with Crippen LogP contribution < -0.4 is 15.4 Å². The third-order valence-corrected chi connectivity index (χ3v) is 7.48. The van der Waals surface area contributed by atoms with E-state index < -0.39 is 5.54 Å². The van der Waals surface area contributed by atoms with Crippen LogP contribution in [0.15, 0.2) is 65.5 Å². The first-order valence-electron chi connectivity index (χ1n) is 11.9. The molecule has 1 saturated heterocycles. The second kappa shape index (κ2) is 8.62. The fourth-order valence-corrected chi connectivity index (χ4v) is 5.08. The standard InChI is InChI=1S/C27H25N4O3Si/c1-16-4-5-18(34-26(35)22-6-10-29-22)15-20(16)24(32)31-27(7-8-27)21-13-17(25-30-11-12-33-25)14-23-19(21)3-2-9-28-23/h2-5,9,11-15,22,26,29H,6-8,10H2,1H3,(H,31,32)/t22-,26-/m0/s1. The van der Waals surface area contributed by atoms with E-state index in [1.54, 1.807) is 18.7 Å². The molecule has 1 amide bonds. The Morgan fingerprint density at radius 1 is 1.23 bits per heavy atom. The number of pyridine rings is 1. The molecule has 2 aromatic heterocycles. The first kappa shape index (κ1) is 22.0. The summed E-state index contributed by atoms with van der Waals surface area (Å²) in [5, 5.41) is 7.68. The molecule has 1 aliphatic heterocycles. The van der Waals surface area contributed by atoms with Gasteiger partial charge in [-0.15, -0.1) is 0 Å². The van der Waals surface area contributed by atoms with E-state index in [9.17, 15) is 4.79 Å². The molecule has 2 fully saturated rings. The number of hydrogen-bond donors (Lipinski definition) is 2. The number of amides is 1. The molecule has 7 nitrogen and oxygen atoms in total. The Bertz CT molecular complexity index is 1400. The quantitative estimate of drug-likeness (QED) is 0.390. The van der Waals surface area contributed by atoms with Gasteiger partial charge in [0.1, 0.15) is 12.0 Å². The maximum absolute atomic E-state index is 13.5. The molecule has 2 aliphatic rings. The number of fused-ring (bicyclic) bond motifs is 1. The van der Waals surface area contributed by atoms with Crippen molar-refractivity contribution < 1.29 is 13.9 Å². The number of nitrogens with one attached hydrogen (secondary N) is 2. The van der Waals surface area contributed by atoms with Crippen molar-refractivity contribution in [3.05, 3.63) is 77.8 Å². The maximum atomic E-state index is 13.5. The number of benzene rings is 2. The van der Waals surface area contributed by atoms with E-state index in [-0.39, 0.29) is 17.7 Å². The van der Waals surface area contributed by atoms with E-state index >= 15 is 0 Å². The molecule has 2 aromatic carbocycles. The SMILES string of the molecule is Cc1ccc(O[C@@H]([Si])[C@@H]2CCN2)cc1C(=O)NC1(c2cc(-c3ncco3)cc3ncccc23)CC1. The second-order valence-electron chi connectivity index (χ2n) is 9.33. The van der Waals surface area contributed by atoms with Crippen LogP contribution in [0.1, 0.15) is 40.7 Å². The Kier molecular flexibility index (Phi) is 5.42. The van der Waals surface area contributed by atoms with Crippen LogP contribution in [0.4, 0.5) is 0 Å². The highest BCUT2D eigenvalue weighted by atomic mass is 28.1. The van der Waals surface area contributed by atoms with Gasteiger partial charge in [-0.1, -0.05) is 12.1 Å². The van der Waals surface area contributed by atoms with Gasteiger partial charge < -0.3 is 19.8 Å². The minimum atomic E-state index is -0.461. The Balaban J connectivity index is 1.31. The number of oxazole rings is 1. The van der Waals surface area contributed by atoms with Crippen LogP contribution >= 0.6 is 0 Å². The number of aryl methyl sites for hydroxylation is 1. The van der Waals surface area contributed by atoms with E-state index in [0.717, 1.165) is 53.4 Å². The number of aromatic nitrogens is 2. The highest BCUT2D eigenvalue weighted by Crippen LogP contribution is 2.49. The van der Waals surface area contributed by atoms with E-state index in [1.807, 2.05) is 43.3 Å². The topological polar surface area (TPSA) is 89.3 Å². The Morgan fingerprint density at radius 2 is 2.09 bits per heavy atom. The van der Waals surface area contributed by atoms with Crippen LogP contribution in [0.5, 0.6) is 5.75 Å². The smallest absolute Gasteiger partial charge is 0.252 e. The van der Waals surface area contributed by atoms with Crippen molar-refractivity contribution in [1.29, 1.82) is 0 Å². The Hall–Kier alpha value is -3.49. The molecule has 0 unspecified atom stereocenters. The molecular weight excluding hydrogens is 456 g/mol. The van der Waals surface area contributed by atoms with Crippen molar-refractivity contribution in [3.8, 4) is 17.2 Å². The normalized spacial score (nSPS) is 19.1.